The van der Waals surface area contributed by atoms with Gasteiger partial charge in [0.15, 0.2) is 0 Å². The molecular weight excluding hydrogens is 232 g/mol. The van der Waals surface area contributed by atoms with Gasteiger partial charge in [-0.3, -0.25) is 4.90 Å². The van der Waals surface area contributed by atoms with E-state index in [0.717, 1.165) is 24.7 Å². The highest BCUT2D eigenvalue weighted by Crippen LogP contribution is 2.26. The van der Waals surface area contributed by atoms with Crippen molar-refractivity contribution in [1.82, 2.24) is 4.90 Å². The van der Waals surface area contributed by atoms with Crippen molar-refractivity contribution >= 4 is 11.6 Å². The van der Waals surface area contributed by atoms with Crippen LogP contribution < -0.4 is 5.73 Å². The van der Waals surface area contributed by atoms with Crippen LogP contribution in [0.5, 0.6) is 0 Å². The Balaban J connectivity index is 2.04. The Kier molecular flexibility index (Phi) is 4.84. The van der Waals surface area contributed by atoms with Gasteiger partial charge in [-0.1, -0.05) is 42.6 Å². The molecule has 2 rings (SSSR count). The van der Waals surface area contributed by atoms with E-state index in [1.54, 1.807) is 0 Å². The lowest BCUT2D eigenvalue weighted by Crippen LogP contribution is -2.36. The quantitative estimate of drug-likeness (QED) is 0.873. The Bertz CT molecular complexity index is 348. The van der Waals surface area contributed by atoms with E-state index in [1.165, 1.54) is 31.2 Å². The molecule has 1 saturated carbocycles. The summed E-state index contributed by atoms with van der Waals surface area (Å²) in [5.41, 5.74) is 6.93. The van der Waals surface area contributed by atoms with Gasteiger partial charge in [-0.15, -0.1) is 0 Å². The summed E-state index contributed by atoms with van der Waals surface area (Å²) in [6.07, 6.45) is 5.33. The second-order valence-electron chi connectivity index (χ2n) is 4.79. The van der Waals surface area contributed by atoms with Crippen molar-refractivity contribution < 1.29 is 0 Å². The fourth-order valence-electron chi connectivity index (χ4n) is 2.67. The summed E-state index contributed by atoms with van der Waals surface area (Å²) in [6, 6.07) is 8.81. The molecule has 0 unspecified atom stereocenters. The molecule has 0 spiro atoms. The van der Waals surface area contributed by atoms with Crippen molar-refractivity contribution in [3.8, 4) is 0 Å². The van der Waals surface area contributed by atoms with Crippen molar-refractivity contribution in [1.29, 1.82) is 0 Å². The van der Waals surface area contributed by atoms with Crippen LogP contribution in [0.4, 0.5) is 0 Å². The molecule has 0 aliphatic heterocycles. The van der Waals surface area contributed by atoms with E-state index in [9.17, 15) is 0 Å². The van der Waals surface area contributed by atoms with E-state index in [-0.39, 0.29) is 0 Å². The average Bonchev–Trinajstić information content (AvgIpc) is 2.85. The van der Waals surface area contributed by atoms with Crippen LogP contribution in [0.25, 0.3) is 0 Å². The van der Waals surface area contributed by atoms with E-state index in [2.05, 4.69) is 17.0 Å². The zero-order valence-corrected chi connectivity index (χ0v) is 11.0. The van der Waals surface area contributed by atoms with Crippen molar-refractivity contribution in [3.05, 3.63) is 34.9 Å². The van der Waals surface area contributed by atoms with Gasteiger partial charge in [0.25, 0.3) is 0 Å². The number of halogens is 1. The third-order valence-electron chi connectivity index (χ3n) is 3.59. The lowest BCUT2D eigenvalue weighted by atomic mass is 10.1. The maximum Gasteiger partial charge on any atom is 0.0451 e. The highest BCUT2D eigenvalue weighted by atomic mass is 35.5. The molecule has 0 bridgehead atoms. The van der Waals surface area contributed by atoms with Crippen LogP contribution in [0.2, 0.25) is 5.02 Å². The molecule has 0 heterocycles. The molecule has 1 aliphatic carbocycles. The van der Waals surface area contributed by atoms with Crippen LogP contribution >= 0.6 is 11.6 Å². The van der Waals surface area contributed by atoms with Crippen molar-refractivity contribution in [3.63, 3.8) is 0 Å². The molecule has 17 heavy (non-hydrogen) atoms. The fourth-order valence-corrected chi connectivity index (χ4v) is 2.87. The maximum absolute atomic E-state index is 6.22. The van der Waals surface area contributed by atoms with Crippen molar-refractivity contribution in [2.24, 2.45) is 5.73 Å². The molecular formula is C14H21ClN2. The van der Waals surface area contributed by atoms with E-state index < -0.39 is 0 Å². The van der Waals surface area contributed by atoms with Gasteiger partial charge >= 0.3 is 0 Å². The molecule has 0 atom stereocenters. The van der Waals surface area contributed by atoms with Gasteiger partial charge in [0.05, 0.1) is 0 Å². The molecule has 0 aromatic heterocycles. The molecule has 1 aromatic carbocycles. The minimum Gasteiger partial charge on any atom is -0.329 e. The van der Waals surface area contributed by atoms with Gasteiger partial charge < -0.3 is 5.73 Å². The summed E-state index contributed by atoms with van der Waals surface area (Å²) in [7, 11) is 0. The number of nitrogens with zero attached hydrogens (tertiary/aromatic N) is 1. The summed E-state index contributed by atoms with van der Waals surface area (Å²) < 4.78 is 0. The largest absolute Gasteiger partial charge is 0.329 e. The van der Waals surface area contributed by atoms with Gasteiger partial charge in [-0.2, -0.15) is 0 Å². The minimum atomic E-state index is 0.704. The van der Waals surface area contributed by atoms with E-state index in [1.807, 2.05) is 12.1 Å². The molecule has 0 radical (unpaired) electrons. The Morgan fingerprint density at radius 3 is 2.59 bits per heavy atom. The number of nitrogens with two attached hydrogens (primary N) is 1. The van der Waals surface area contributed by atoms with Crippen LogP contribution in [0.15, 0.2) is 24.3 Å². The van der Waals surface area contributed by atoms with E-state index in [0.29, 0.717) is 6.04 Å². The molecule has 2 N–H and O–H groups in total. The molecule has 3 heteroatoms. The molecule has 0 saturated heterocycles. The summed E-state index contributed by atoms with van der Waals surface area (Å²) in [5, 5.41) is 0.868. The third kappa shape index (κ3) is 3.44. The second-order valence-corrected chi connectivity index (χ2v) is 5.20. The third-order valence-corrected chi connectivity index (χ3v) is 3.96. The van der Waals surface area contributed by atoms with Crippen LogP contribution in [-0.4, -0.2) is 24.0 Å². The Morgan fingerprint density at radius 1 is 1.24 bits per heavy atom. The summed E-state index contributed by atoms with van der Waals surface area (Å²) in [6.45, 7) is 2.62. The number of rotatable bonds is 5. The summed E-state index contributed by atoms with van der Waals surface area (Å²) in [5.74, 6) is 0. The predicted octanol–water partition coefficient (Wildman–Crippen LogP) is 3.04. The smallest absolute Gasteiger partial charge is 0.0451 e. The van der Waals surface area contributed by atoms with Crippen LogP contribution in [0.1, 0.15) is 31.2 Å². The first-order valence-corrected chi connectivity index (χ1v) is 6.86. The first kappa shape index (κ1) is 12.9. The zero-order valence-electron chi connectivity index (χ0n) is 10.2. The van der Waals surface area contributed by atoms with Crippen molar-refractivity contribution in [2.75, 3.05) is 13.1 Å². The highest BCUT2D eigenvalue weighted by molar-refractivity contribution is 6.31. The first-order valence-electron chi connectivity index (χ1n) is 6.49. The molecule has 94 valence electrons. The van der Waals surface area contributed by atoms with Gasteiger partial charge in [0.1, 0.15) is 0 Å². The molecule has 1 fully saturated rings. The fraction of sp³-hybridized carbons (Fsp3) is 0.571. The van der Waals surface area contributed by atoms with Gasteiger partial charge in [0, 0.05) is 30.7 Å². The monoisotopic (exact) mass is 252 g/mol. The number of hydrogen-bond acceptors (Lipinski definition) is 2. The first-order chi connectivity index (χ1) is 8.31. The SMILES string of the molecule is NCCN(Cc1ccccc1Cl)C1CCCC1. The topological polar surface area (TPSA) is 29.3 Å². The molecule has 2 nitrogen and oxygen atoms in total. The lowest BCUT2D eigenvalue weighted by Gasteiger charge is -2.28. The Labute approximate surface area is 109 Å². The van der Waals surface area contributed by atoms with Crippen LogP contribution in [-0.2, 0) is 6.54 Å². The Hall–Kier alpha value is -0.570. The number of benzene rings is 1. The van der Waals surface area contributed by atoms with Gasteiger partial charge in [-0.25, -0.2) is 0 Å². The molecule has 1 aromatic rings. The lowest BCUT2D eigenvalue weighted by molar-refractivity contribution is 0.195. The zero-order chi connectivity index (χ0) is 12.1. The Morgan fingerprint density at radius 2 is 1.94 bits per heavy atom. The van der Waals surface area contributed by atoms with Gasteiger partial charge in [-0.05, 0) is 24.5 Å². The van der Waals surface area contributed by atoms with Crippen molar-refractivity contribution in [2.45, 2.75) is 38.3 Å². The predicted molar refractivity (Wildman–Crippen MR) is 73.2 cm³/mol. The molecule has 0 amide bonds. The van der Waals surface area contributed by atoms with Crippen LogP contribution in [0.3, 0.4) is 0 Å². The normalized spacial score (nSPS) is 16.9. The van der Waals surface area contributed by atoms with E-state index in [4.69, 9.17) is 17.3 Å². The van der Waals surface area contributed by atoms with Crippen LogP contribution in [0, 0.1) is 0 Å². The average molecular weight is 253 g/mol. The van der Waals surface area contributed by atoms with Gasteiger partial charge in [0.2, 0.25) is 0 Å². The highest BCUT2D eigenvalue weighted by Gasteiger charge is 2.22. The summed E-state index contributed by atoms with van der Waals surface area (Å²) >= 11 is 6.22. The van der Waals surface area contributed by atoms with E-state index >= 15 is 0 Å². The maximum atomic E-state index is 6.22. The second kappa shape index (κ2) is 6.39. The molecule has 1 aliphatic rings. The standard InChI is InChI=1S/C14H21ClN2/c15-14-8-4-1-5-12(14)11-17(10-9-16)13-6-2-3-7-13/h1,4-5,8,13H,2-3,6-7,9-11,16H2. The minimum absolute atomic E-state index is 0.704. The number of hydrogen-bond donors (Lipinski definition) is 1. The summed E-state index contributed by atoms with van der Waals surface area (Å²) in [4.78, 5) is 2.49.